The van der Waals surface area contributed by atoms with Gasteiger partial charge in [-0.2, -0.15) is 0 Å². The summed E-state index contributed by atoms with van der Waals surface area (Å²) in [7, 11) is -3.34. The number of rotatable bonds is 9. The van der Waals surface area contributed by atoms with Crippen LogP contribution in [0.15, 0.2) is 41.1 Å². The molecule has 0 N–H and O–H groups in total. The van der Waals surface area contributed by atoms with Crippen LogP contribution in [0.25, 0.3) is 0 Å². The number of carbonyl (C=O) groups is 1. The van der Waals surface area contributed by atoms with E-state index in [1.165, 1.54) is 12.1 Å². The summed E-state index contributed by atoms with van der Waals surface area (Å²) >= 11 is 0. The lowest BCUT2D eigenvalue weighted by molar-refractivity contribution is -0.154. The lowest BCUT2D eigenvalue weighted by Crippen LogP contribution is -2.23. The highest BCUT2D eigenvalue weighted by Crippen LogP contribution is 2.31. The van der Waals surface area contributed by atoms with Crippen LogP contribution in [0.5, 0.6) is 5.75 Å². The maximum Gasteiger partial charge on any atom is 0.306 e. The molecule has 0 aromatic heterocycles. The van der Waals surface area contributed by atoms with E-state index in [0.29, 0.717) is 23.6 Å². The maximum atomic E-state index is 13.1. The zero-order chi connectivity index (χ0) is 23.1. The minimum atomic E-state index is -3.34. The standard InChI is InChI=1S/C24H35FO5S/c1-18-5-7-19(8-6-18)17-31(27,28)22-12-10-21(11-13-22)29-16-20(15-25)9-14-23(26)30-24(2,3)4/h10-13,15,18-19H,5-9,14,16-17H2,1-4H3/b20-15+. The molecule has 1 aliphatic carbocycles. The van der Waals surface area contributed by atoms with Gasteiger partial charge in [0.05, 0.1) is 17.0 Å². The van der Waals surface area contributed by atoms with Crippen LogP contribution in [0.4, 0.5) is 4.39 Å². The summed E-state index contributed by atoms with van der Waals surface area (Å²) in [4.78, 5) is 12.1. The Labute approximate surface area is 185 Å². The summed E-state index contributed by atoms with van der Waals surface area (Å²) in [6.07, 6.45) is 4.79. The van der Waals surface area contributed by atoms with Gasteiger partial charge in [0.2, 0.25) is 0 Å². The van der Waals surface area contributed by atoms with Gasteiger partial charge >= 0.3 is 5.97 Å². The van der Waals surface area contributed by atoms with Gasteiger partial charge in [0, 0.05) is 6.42 Å². The van der Waals surface area contributed by atoms with Gasteiger partial charge in [-0.15, -0.1) is 0 Å². The minimum Gasteiger partial charge on any atom is -0.489 e. The van der Waals surface area contributed by atoms with Gasteiger partial charge < -0.3 is 9.47 Å². The van der Waals surface area contributed by atoms with E-state index >= 15 is 0 Å². The Hall–Kier alpha value is -1.89. The van der Waals surface area contributed by atoms with Crippen molar-refractivity contribution in [2.45, 2.75) is 76.7 Å². The first-order chi connectivity index (χ1) is 14.5. The highest BCUT2D eigenvalue weighted by atomic mass is 32.2. The molecule has 0 heterocycles. The molecular weight excluding hydrogens is 419 g/mol. The molecule has 0 amide bonds. The molecule has 0 atom stereocenters. The Bertz CT molecular complexity index is 845. The first-order valence-electron chi connectivity index (χ1n) is 10.9. The number of hydrogen-bond donors (Lipinski definition) is 0. The van der Waals surface area contributed by atoms with Crippen molar-refractivity contribution >= 4 is 15.8 Å². The van der Waals surface area contributed by atoms with Crippen molar-refractivity contribution in [3.63, 3.8) is 0 Å². The third-order valence-electron chi connectivity index (χ3n) is 5.42. The summed E-state index contributed by atoms with van der Waals surface area (Å²) in [5.41, 5.74) is -0.251. The number of carbonyl (C=O) groups excluding carboxylic acids is 1. The van der Waals surface area contributed by atoms with Crippen LogP contribution in [-0.4, -0.2) is 32.3 Å². The van der Waals surface area contributed by atoms with Gasteiger partial charge in [-0.05, 0) is 81.7 Å². The summed E-state index contributed by atoms with van der Waals surface area (Å²) in [6.45, 7) is 7.52. The number of ether oxygens (including phenoxy) is 2. The summed E-state index contributed by atoms with van der Waals surface area (Å²) in [6, 6.07) is 6.24. The first-order valence-corrected chi connectivity index (χ1v) is 12.6. The molecule has 31 heavy (non-hydrogen) atoms. The zero-order valence-corrected chi connectivity index (χ0v) is 19.8. The second-order valence-electron chi connectivity index (χ2n) is 9.52. The fourth-order valence-electron chi connectivity index (χ4n) is 3.63. The van der Waals surface area contributed by atoms with Crippen LogP contribution in [0.1, 0.15) is 66.2 Å². The van der Waals surface area contributed by atoms with Crippen LogP contribution in [0, 0.1) is 11.8 Å². The third-order valence-corrected chi connectivity index (χ3v) is 7.32. The molecule has 1 aromatic carbocycles. The quantitative estimate of drug-likeness (QED) is 0.452. The smallest absolute Gasteiger partial charge is 0.306 e. The Morgan fingerprint density at radius 2 is 1.71 bits per heavy atom. The lowest BCUT2D eigenvalue weighted by Gasteiger charge is -2.25. The van der Waals surface area contributed by atoms with Crippen LogP contribution < -0.4 is 4.74 Å². The van der Waals surface area contributed by atoms with E-state index in [9.17, 15) is 17.6 Å². The molecule has 2 rings (SSSR count). The molecule has 0 spiro atoms. The Morgan fingerprint density at radius 3 is 2.26 bits per heavy atom. The molecule has 0 radical (unpaired) electrons. The van der Waals surface area contributed by atoms with E-state index in [-0.39, 0.29) is 36.0 Å². The van der Waals surface area contributed by atoms with E-state index < -0.39 is 21.4 Å². The normalized spacial score (nSPS) is 20.4. The topological polar surface area (TPSA) is 69.7 Å². The largest absolute Gasteiger partial charge is 0.489 e. The van der Waals surface area contributed by atoms with Crippen molar-refractivity contribution in [2.75, 3.05) is 12.4 Å². The van der Waals surface area contributed by atoms with Crippen molar-refractivity contribution in [2.24, 2.45) is 11.8 Å². The van der Waals surface area contributed by atoms with Crippen LogP contribution in [0.3, 0.4) is 0 Å². The van der Waals surface area contributed by atoms with Gasteiger partial charge in [0.15, 0.2) is 9.84 Å². The molecule has 0 saturated heterocycles. The Kier molecular flexibility index (Phi) is 9.10. The predicted molar refractivity (Wildman–Crippen MR) is 119 cm³/mol. The Balaban J connectivity index is 1.85. The number of halogens is 1. The molecule has 1 aliphatic rings. The molecule has 0 unspecified atom stereocenters. The first kappa shape index (κ1) is 25.4. The van der Waals surface area contributed by atoms with Crippen molar-refractivity contribution in [3.8, 4) is 5.75 Å². The van der Waals surface area contributed by atoms with Crippen molar-refractivity contribution < 1.29 is 27.1 Å². The molecule has 0 bridgehead atoms. The molecule has 1 aromatic rings. The summed E-state index contributed by atoms with van der Waals surface area (Å²) in [5, 5.41) is 0. The van der Waals surface area contributed by atoms with Gasteiger partial charge in [-0.25, -0.2) is 12.8 Å². The molecule has 0 aliphatic heterocycles. The van der Waals surface area contributed by atoms with E-state index in [1.807, 2.05) is 0 Å². The third kappa shape index (κ3) is 9.01. The van der Waals surface area contributed by atoms with Gasteiger partial charge in [-0.1, -0.05) is 19.8 Å². The SMILES string of the molecule is CC1CCC(CS(=O)(=O)c2ccc(OC/C(=C/F)CCC(=O)OC(C)(C)C)cc2)CC1. The fraction of sp³-hybridized carbons (Fsp3) is 0.625. The Morgan fingerprint density at radius 1 is 1.10 bits per heavy atom. The molecular formula is C24H35FO5S. The van der Waals surface area contributed by atoms with Crippen molar-refractivity contribution in [1.29, 1.82) is 0 Å². The molecule has 1 fully saturated rings. The van der Waals surface area contributed by atoms with Crippen LogP contribution >= 0.6 is 0 Å². The van der Waals surface area contributed by atoms with E-state index in [1.54, 1.807) is 32.9 Å². The van der Waals surface area contributed by atoms with Crippen LogP contribution in [-0.2, 0) is 19.4 Å². The second kappa shape index (κ2) is 11.1. The number of benzene rings is 1. The monoisotopic (exact) mass is 454 g/mol. The van der Waals surface area contributed by atoms with Gasteiger partial charge in [0.25, 0.3) is 0 Å². The zero-order valence-electron chi connectivity index (χ0n) is 19.0. The predicted octanol–water partition coefficient (Wildman–Crippen LogP) is 5.64. The van der Waals surface area contributed by atoms with E-state index in [4.69, 9.17) is 9.47 Å². The van der Waals surface area contributed by atoms with Gasteiger partial charge in [-0.3, -0.25) is 4.79 Å². The molecule has 1 saturated carbocycles. The molecule has 174 valence electrons. The summed E-state index contributed by atoms with van der Waals surface area (Å²) in [5.74, 6) is 1.14. The van der Waals surface area contributed by atoms with E-state index in [0.717, 1.165) is 25.7 Å². The fourth-order valence-corrected chi connectivity index (χ4v) is 5.33. The highest BCUT2D eigenvalue weighted by molar-refractivity contribution is 7.91. The number of sulfone groups is 1. The lowest BCUT2D eigenvalue weighted by atomic mass is 9.84. The second-order valence-corrected chi connectivity index (χ2v) is 11.6. The summed E-state index contributed by atoms with van der Waals surface area (Å²) < 4.78 is 49.3. The maximum absolute atomic E-state index is 13.1. The highest BCUT2D eigenvalue weighted by Gasteiger charge is 2.25. The number of hydrogen-bond acceptors (Lipinski definition) is 5. The molecule has 7 heteroatoms. The van der Waals surface area contributed by atoms with Crippen LogP contribution in [0.2, 0.25) is 0 Å². The molecule has 5 nitrogen and oxygen atoms in total. The van der Waals surface area contributed by atoms with Crippen molar-refractivity contribution in [1.82, 2.24) is 0 Å². The average molecular weight is 455 g/mol. The number of esters is 1. The average Bonchev–Trinajstić information content (AvgIpc) is 2.69. The minimum absolute atomic E-state index is 0.0222. The van der Waals surface area contributed by atoms with Gasteiger partial charge in [0.1, 0.15) is 18.0 Å². The van der Waals surface area contributed by atoms with E-state index in [2.05, 4.69) is 6.92 Å². The van der Waals surface area contributed by atoms with Crippen molar-refractivity contribution in [3.05, 3.63) is 36.2 Å².